The van der Waals surface area contributed by atoms with Gasteiger partial charge in [-0.3, -0.25) is 4.79 Å². The molecule has 0 aliphatic heterocycles. The first-order valence-corrected chi connectivity index (χ1v) is 8.10. The number of carbonyl (C=O) groups is 1. The molecule has 0 unspecified atom stereocenters. The summed E-state index contributed by atoms with van der Waals surface area (Å²) >= 11 is 5.88. The zero-order valence-electron chi connectivity index (χ0n) is 13.6. The number of anilines is 3. The Morgan fingerprint density at radius 2 is 1.48 bits per heavy atom. The van der Waals surface area contributed by atoms with Crippen LogP contribution in [0, 0.1) is 0 Å². The summed E-state index contributed by atoms with van der Waals surface area (Å²) in [4.78, 5) is 12.3. The SMILES string of the molecule is COc1cccc(C(=O)Nc2ccc(Nc3ccc(Cl)cc3)cc2)c1. The van der Waals surface area contributed by atoms with E-state index in [0.717, 1.165) is 17.1 Å². The van der Waals surface area contributed by atoms with Crippen molar-refractivity contribution in [2.45, 2.75) is 0 Å². The van der Waals surface area contributed by atoms with E-state index in [9.17, 15) is 4.79 Å². The van der Waals surface area contributed by atoms with Crippen LogP contribution in [0.3, 0.4) is 0 Å². The normalized spacial score (nSPS) is 10.2. The molecule has 0 aliphatic carbocycles. The van der Waals surface area contributed by atoms with E-state index in [1.54, 1.807) is 31.4 Å². The molecule has 0 fully saturated rings. The second-order valence-electron chi connectivity index (χ2n) is 5.40. The fraction of sp³-hybridized carbons (Fsp3) is 0.0500. The van der Waals surface area contributed by atoms with Crippen molar-refractivity contribution in [2.75, 3.05) is 17.7 Å². The Labute approximate surface area is 151 Å². The number of hydrogen-bond acceptors (Lipinski definition) is 3. The lowest BCUT2D eigenvalue weighted by Crippen LogP contribution is -2.11. The third-order valence-corrected chi connectivity index (χ3v) is 3.86. The molecule has 0 atom stereocenters. The van der Waals surface area contributed by atoms with Crippen LogP contribution in [0.2, 0.25) is 5.02 Å². The first kappa shape index (κ1) is 16.9. The molecule has 5 heteroatoms. The highest BCUT2D eigenvalue weighted by Gasteiger charge is 2.07. The van der Waals surface area contributed by atoms with E-state index in [1.807, 2.05) is 48.5 Å². The van der Waals surface area contributed by atoms with E-state index in [1.165, 1.54) is 0 Å². The molecule has 3 aromatic carbocycles. The van der Waals surface area contributed by atoms with Gasteiger partial charge in [0.25, 0.3) is 5.91 Å². The predicted molar refractivity (Wildman–Crippen MR) is 102 cm³/mol. The van der Waals surface area contributed by atoms with Gasteiger partial charge in [-0.05, 0) is 66.7 Å². The molecule has 0 heterocycles. The quantitative estimate of drug-likeness (QED) is 0.651. The second kappa shape index (κ2) is 7.73. The van der Waals surface area contributed by atoms with Crippen molar-refractivity contribution < 1.29 is 9.53 Å². The number of rotatable bonds is 5. The van der Waals surface area contributed by atoms with Crippen molar-refractivity contribution in [2.24, 2.45) is 0 Å². The van der Waals surface area contributed by atoms with Crippen molar-refractivity contribution in [3.63, 3.8) is 0 Å². The summed E-state index contributed by atoms with van der Waals surface area (Å²) in [5, 5.41) is 6.83. The Morgan fingerprint density at radius 1 is 0.880 bits per heavy atom. The van der Waals surface area contributed by atoms with Crippen LogP contribution >= 0.6 is 11.6 Å². The minimum Gasteiger partial charge on any atom is -0.497 e. The van der Waals surface area contributed by atoms with E-state index >= 15 is 0 Å². The van der Waals surface area contributed by atoms with E-state index in [2.05, 4.69) is 10.6 Å². The maximum absolute atomic E-state index is 12.3. The summed E-state index contributed by atoms with van der Waals surface area (Å²) in [5.41, 5.74) is 3.12. The molecule has 0 saturated heterocycles. The molecule has 2 N–H and O–H groups in total. The number of benzene rings is 3. The zero-order chi connectivity index (χ0) is 17.6. The summed E-state index contributed by atoms with van der Waals surface area (Å²) in [6, 6.07) is 22.0. The van der Waals surface area contributed by atoms with Crippen molar-refractivity contribution >= 4 is 34.6 Å². The number of amides is 1. The Kier molecular flexibility index (Phi) is 5.21. The predicted octanol–water partition coefficient (Wildman–Crippen LogP) is 5.34. The lowest BCUT2D eigenvalue weighted by Gasteiger charge is -2.09. The molecule has 0 saturated carbocycles. The maximum Gasteiger partial charge on any atom is 0.255 e. The average molecular weight is 353 g/mol. The van der Waals surface area contributed by atoms with Crippen molar-refractivity contribution in [3.8, 4) is 5.75 Å². The molecule has 4 nitrogen and oxygen atoms in total. The minimum atomic E-state index is -0.183. The molecule has 25 heavy (non-hydrogen) atoms. The van der Waals surface area contributed by atoms with Gasteiger partial charge >= 0.3 is 0 Å². The number of hydrogen-bond donors (Lipinski definition) is 2. The smallest absolute Gasteiger partial charge is 0.255 e. The summed E-state index contributed by atoms with van der Waals surface area (Å²) in [7, 11) is 1.57. The Hall–Kier alpha value is -2.98. The lowest BCUT2D eigenvalue weighted by molar-refractivity contribution is 0.102. The summed E-state index contributed by atoms with van der Waals surface area (Å²) in [5.74, 6) is 0.465. The summed E-state index contributed by atoms with van der Waals surface area (Å²) in [6.45, 7) is 0. The van der Waals surface area contributed by atoms with Crippen molar-refractivity contribution in [1.82, 2.24) is 0 Å². The monoisotopic (exact) mass is 352 g/mol. The fourth-order valence-corrected chi connectivity index (χ4v) is 2.43. The van der Waals surface area contributed by atoms with Gasteiger partial charge < -0.3 is 15.4 Å². The van der Waals surface area contributed by atoms with Gasteiger partial charge in [-0.1, -0.05) is 17.7 Å². The molecule has 1 amide bonds. The molecule has 0 spiro atoms. The van der Waals surface area contributed by atoms with Gasteiger partial charge in [-0.2, -0.15) is 0 Å². The highest BCUT2D eigenvalue weighted by Crippen LogP contribution is 2.21. The molecule has 0 bridgehead atoms. The number of nitrogens with one attached hydrogen (secondary N) is 2. The highest BCUT2D eigenvalue weighted by molar-refractivity contribution is 6.30. The van der Waals surface area contributed by atoms with E-state index in [0.29, 0.717) is 16.3 Å². The molecular weight excluding hydrogens is 336 g/mol. The molecule has 3 rings (SSSR count). The van der Waals surface area contributed by atoms with Gasteiger partial charge in [0, 0.05) is 27.6 Å². The van der Waals surface area contributed by atoms with Crippen molar-refractivity contribution in [1.29, 1.82) is 0 Å². The van der Waals surface area contributed by atoms with Gasteiger partial charge in [0.2, 0.25) is 0 Å². The topological polar surface area (TPSA) is 50.4 Å². The number of ether oxygens (including phenoxy) is 1. The Morgan fingerprint density at radius 3 is 2.12 bits per heavy atom. The Balaban J connectivity index is 1.65. The van der Waals surface area contributed by atoms with Crippen LogP contribution in [-0.2, 0) is 0 Å². The van der Waals surface area contributed by atoms with Gasteiger partial charge in [-0.15, -0.1) is 0 Å². The number of methoxy groups -OCH3 is 1. The first-order chi connectivity index (χ1) is 12.1. The summed E-state index contributed by atoms with van der Waals surface area (Å²) in [6.07, 6.45) is 0. The van der Waals surface area contributed by atoms with Crippen LogP contribution in [0.25, 0.3) is 0 Å². The molecule has 0 aliphatic rings. The number of halogens is 1. The zero-order valence-corrected chi connectivity index (χ0v) is 14.4. The van der Waals surface area contributed by atoms with E-state index in [4.69, 9.17) is 16.3 Å². The average Bonchev–Trinajstić information content (AvgIpc) is 2.65. The minimum absolute atomic E-state index is 0.183. The maximum atomic E-state index is 12.3. The lowest BCUT2D eigenvalue weighted by atomic mass is 10.2. The van der Waals surface area contributed by atoms with Gasteiger partial charge in [0.15, 0.2) is 0 Å². The van der Waals surface area contributed by atoms with Crippen LogP contribution in [0.4, 0.5) is 17.1 Å². The van der Waals surface area contributed by atoms with E-state index < -0.39 is 0 Å². The highest BCUT2D eigenvalue weighted by atomic mass is 35.5. The molecular formula is C20H17ClN2O2. The first-order valence-electron chi connectivity index (χ1n) is 7.72. The second-order valence-corrected chi connectivity index (χ2v) is 5.83. The molecule has 0 aromatic heterocycles. The largest absolute Gasteiger partial charge is 0.497 e. The summed E-state index contributed by atoms with van der Waals surface area (Å²) < 4.78 is 5.14. The van der Waals surface area contributed by atoms with Crippen LogP contribution < -0.4 is 15.4 Å². The van der Waals surface area contributed by atoms with Crippen LogP contribution in [-0.4, -0.2) is 13.0 Å². The van der Waals surface area contributed by atoms with E-state index in [-0.39, 0.29) is 5.91 Å². The van der Waals surface area contributed by atoms with Gasteiger partial charge in [0.1, 0.15) is 5.75 Å². The Bertz CT molecular complexity index is 862. The third-order valence-electron chi connectivity index (χ3n) is 3.61. The van der Waals surface area contributed by atoms with Crippen LogP contribution in [0.5, 0.6) is 5.75 Å². The van der Waals surface area contributed by atoms with Crippen molar-refractivity contribution in [3.05, 3.63) is 83.4 Å². The molecule has 3 aromatic rings. The standard InChI is InChI=1S/C20H17ClN2O2/c1-25-19-4-2-3-14(13-19)20(24)23-18-11-9-17(10-12-18)22-16-7-5-15(21)6-8-16/h2-13,22H,1H3,(H,23,24). The van der Waals surface area contributed by atoms with Gasteiger partial charge in [-0.25, -0.2) is 0 Å². The van der Waals surface area contributed by atoms with Crippen LogP contribution in [0.15, 0.2) is 72.8 Å². The number of carbonyl (C=O) groups excluding carboxylic acids is 1. The van der Waals surface area contributed by atoms with Gasteiger partial charge in [0.05, 0.1) is 7.11 Å². The fourth-order valence-electron chi connectivity index (χ4n) is 2.30. The van der Waals surface area contributed by atoms with Crippen LogP contribution in [0.1, 0.15) is 10.4 Å². The molecule has 126 valence electrons. The molecule has 0 radical (unpaired) electrons. The third kappa shape index (κ3) is 4.52.